The maximum Gasteiger partial charge on any atom is 0.195 e. The van der Waals surface area contributed by atoms with Crippen molar-refractivity contribution in [1.29, 1.82) is 0 Å². The van der Waals surface area contributed by atoms with Gasteiger partial charge in [-0.05, 0) is 30.3 Å². The second kappa shape index (κ2) is 6.84. The number of para-hydroxylation sites is 1. The highest BCUT2D eigenvalue weighted by Gasteiger charge is 2.17. The molecule has 3 N–H and O–H groups in total. The summed E-state index contributed by atoms with van der Waals surface area (Å²) in [6.07, 6.45) is 3.33. The Morgan fingerprint density at radius 3 is 2.70 bits per heavy atom. The zero-order valence-electron chi connectivity index (χ0n) is 14.6. The lowest BCUT2D eigenvalue weighted by molar-refractivity contribution is 0.103. The summed E-state index contributed by atoms with van der Waals surface area (Å²) in [5, 5.41) is 13.8. The maximum absolute atomic E-state index is 13.0. The normalized spacial score (nSPS) is 10.7. The summed E-state index contributed by atoms with van der Waals surface area (Å²) >= 11 is 0. The minimum absolute atomic E-state index is 0.0258. The molecule has 6 nitrogen and oxygen atoms in total. The monoisotopic (exact) mass is 359 g/mol. The number of H-pyrrole nitrogens is 1. The van der Waals surface area contributed by atoms with Gasteiger partial charge in [0.2, 0.25) is 0 Å². The molecule has 4 aromatic rings. The first kappa shape index (κ1) is 16.7. The highest BCUT2D eigenvalue weighted by Crippen LogP contribution is 2.27. The summed E-state index contributed by atoms with van der Waals surface area (Å²) in [7, 11) is 1.49. The number of benzene rings is 2. The van der Waals surface area contributed by atoms with Gasteiger partial charge in [-0.1, -0.05) is 18.2 Å². The molecule has 2 aromatic carbocycles. The van der Waals surface area contributed by atoms with Crippen molar-refractivity contribution in [2.45, 2.75) is 0 Å². The van der Waals surface area contributed by atoms with E-state index in [4.69, 9.17) is 4.74 Å². The van der Waals surface area contributed by atoms with Crippen LogP contribution < -0.4 is 10.1 Å². The first-order valence-electron chi connectivity index (χ1n) is 8.36. The number of aromatic amines is 1. The number of nitrogens with zero attached hydrogens (tertiary/aromatic N) is 1. The molecule has 4 rings (SSSR count). The van der Waals surface area contributed by atoms with Crippen LogP contribution in [0.25, 0.3) is 11.0 Å². The molecule has 2 aromatic heterocycles. The molecule has 0 amide bonds. The van der Waals surface area contributed by atoms with E-state index >= 15 is 0 Å². The third-order valence-electron chi connectivity index (χ3n) is 4.23. The van der Waals surface area contributed by atoms with Crippen molar-refractivity contribution < 1.29 is 14.6 Å². The van der Waals surface area contributed by atoms with E-state index in [-0.39, 0.29) is 11.5 Å². The minimum atomic E-state index is -0.228. The van der Waals surface area contributed by atoms with E-state index in [2.05, 4.69) is 15.3 Å². The Morgan fingerprint density at radius 2 is 1.93 bits per heavy atom. The van der Waals surface area contributed by atoms with Crippen LogP contribution in [0.1, 0.15) is 15.9 Å². The van der Waals surface area contributed by atoms with E-state index in [9.17, 15) is 9.90 Å². The SMILES string of the molecule is COc1cc(O)cc(C(=O)c2c[nH]c3ncc(Nc4ccccc4)cc23)c1. The minimum Gasteiger partial charge on any atom is -0.508 e. The molecule has 0 spiro atoms. The zero-order chi connectivity index (χ0) is 18.8. The Bertz CT molecular complexity index is 1120. The number of nitrogens with one attached hydrogen (secondary N) is 2. The number of phenolic OH excluding ortho intramolecular Hbond substituents is 1. The van der Waals surface area contributed by atoms with Gasteiger partial charge in [0.1, 0.15) is 17.1 Å². The smallest absolute Gasteiger partial charge is 0.195 e. The van der Waals surface area contributed by atoms with Crippen molar-refractivity contribution in [3.05, 3.63) is 78.1 Å². The topological polar surface area (TPSA) is 87.2 Å². The molecule has 0 bridgehead atoms. The van der Waals surface area contributed by atoms with Gasteiger partial charge in [-0.25, -0.2) is 4.98 Å². The fraction of sp³-hybridized carbons (Fsp3) is 0.0476. The van der Waals surface area contributed by atoms with Crippen molar-refractivity contribution in [2.24, 2.45) is 0 Å². The van der Waals surface area contributed by atoms with E-state index in [1.165, 1.54) is 19.2 Å². The van der Waals surface area contributed by atoms with E-state index in [1.807, 2.05) is 36.4 Å². The van der Waals surface area contributed by atoms with E-state index < -0.39 is 0 Å². The number of ketones is 1. The first-order valence-corrected chi connectivity index (χ1v) is 8.36. The number of anilines is 2. The number of pyridine rings is 1. The van der Waals surface area contributed by atoms with Gasteiger partial charge in [0, 0.05) is 34.5 Å². The van der Waals surface area contributed by atoms with Crippen molar-refractivity contribution in [1.82, 2.24) is 9.97 Å². The van der Waals surface area contributed by atoms with Crippen LogP contribution in [0, 0.1) is 0 Å². The molecule has 0 saturated carbocycles. The lowest BCUT2D eigenvalue weighted by Gasteiger charge is -2.07. The number of carbonyl (C=O) groups excluding carboxylic acids is 1. The molecule has 0 aliphatic carbocycles. The number of ether oxygens (including phenoxy) is 1. The lowest BCUT2D eigenvalue weighted by atomic mass is 10.0. The van der Waals surface area contributed by atoms with Gasteiger partial charge in [0.25, 0.3) is 0 Å². The molecule has 0 fully saturated rings. The van der Waals surface area contributed by atoms with E-state index in [0.29, 0.717) is 27.9 Å². The Kier molecular flexibility index (Phi) is 4.22. The highest BCUT2D eigenvalue weighted by atomic mass is 16.5. The van der Waals surface area contributed by atoms with Crippen LogP contribution in [0.2, 0.25) is 0 Å². The highest BCUT2D eigenvalue weighted by molar-refractivity contribution is 6.16. The predicted molar refractivity (Wildman–Crippen MR) is 104 cm³/mol. The van der Waals surface area contributed by atoms with Crippen LogP contribution in [0.4, 0.5) is 11.4 Å². The van der Waals surface area contributed by atoms with Crippen LogP contribution >= 0.6 is 0 Å². The number of hydrogen-bond donors (Lipinski definition) is 3. The van der Waals surface area contributed by atoms with Crippen molar-refractivity contribution >= 4 is 28.2 Å². The van der Waals surface area contributed by atoms with E-state index in [1.54, 1.807) is 18.5 Å². The summed E-state index contributed by atoms with van der Waals surface area (Å²) in [5.41, 5.74) is 3.13. The van der Waals surface area contributed by atoms with Gasteiger partial charge in [0.05, 0.1) is 19.0 Å². The third-order valence-corrected chi connectivity index (χ3v) is 4.23. The van der Waals surface area contributed by atoms with Crippen molar-refractivity contribution in [2.75, 3.05) is 12.4 Å². The summed E-state index contributed by atoms with van der Waals surface area (Å²) in [6, 6.07) is 16.1. The van der Waals surface area contributed by atoms with Gasteiger partial charge in [-0.15, -0.1) is 0 Å². The Morgan fingerprint density at radius 1 is 1.11 bits per heavy atom. The molecule has 2 heterocycles. The molecule has 134 valence electrons. The Hall–Kier alpha value is -3.80. The van der Waals surface area contributed by atoms with Crippen LogP contribution in [0.3, 0.4) is 0 Å². The number of aromatic hydroxyl groups is 1. The number of fused-ring (bicyclic) bond motifs is 1. The summed E-state index contributed by atoms with van der Waals surface area (Å²) in [5.74, 6) is 0.166. The molecule has 27 heavy (non-hydrogen) atoms. The summed E-state index contributed by atoms with van der Waals surface area (Å²) < 4.78 is 5.13. The van der Waals surface area contributed by atoms with Gasteiger partial charge in [-0.3, -0.25) is 4.79 Å². The summed E-state index contributed by atoms with van der Waals surface area (Å²) in [4.78, 5) is 20.4. The molecule has 0 atom stereocenters. The lowest BCUT2D eigenvalue weighted by Crippen LogP contribution is -2.01. The quantitative estimate of drug-likeness (QED) is 0.464. The van der Waals surface area contributed by atoms with Crippen LogP contribution in [-0.4, -0.2) is 28.0 Å². The molecule has 6 heteroatoms. The standard InChI is InChI=1S/C21H17N3O3/c1-27-17-8-13(7-16(25)10-17)20(26)19-12-23-21-18(19)9-15(11-22-21)24-14-5-3-2-4-6-14/h2-12,24-25H,1H3,(H,22,23). The molecule has 0 radical (unpaired) electrons. The second-order valence-corrected chi connectivity index (χ2v) is 6.06. The second-order valence-electron chi connectivity index (χ2n) is 6.06. The van der Waals surface area contributed by atoms with Crippen LogP contribution in [-0.2, 0) is 0 Å². The number of hydrogen-bond acceptors (Lipinski definition) is 5. The molecule has 0 aliphatic heterocycles. The fourth-order valence-electron chi connectivity index (χ4n) is 2.94. The zero-order valence-corrected chi connectivity index (χ0v) is 14.6. The van der Waals surface area contributed by atoms with Gasteiger partial charge < -0.3 is 20.1 Å². The predicted octanol–water partition coefficient (Wildman–Crippen LogP) is 4.25. The number of methoxy groups -OCH3 is 1. The van der Waals surface area contributed by atoms with Crippen LogP contribution in [0.5, 0.6) is 11.5 Å². The summed E-state index contributed by atoms with van der Waals surface area (Å²) in [6.45, 7) is 0. The van der Waals surface area contributed by atoms with E-state index in [0.717, 1.165) is 11.4 Å². The maximum atomic E-state index is 13.0. The van der Waals surface area contributed by atoms with Gasteiger partial charge in [-0.2, -0.15) is 0 Å². The van der Waals surface area contributed by atoms with Crippen LogP contribution in [0.15, 0.2) is 67.0 Å². The Balaban J connectivity index is 1.72. The average Bonchev–Trinajstić information content (AvgIpc) is 3.11. The average molecular weight is 359 g/mol. The fourth-order valence-corrected chi connectivity index (χ4v) is 2.94. The van der Waals surface area contributed by atoms with Gasteiger partial charge in [0.15, 0.2) is 5.78 Å². The first-order chi connectivity index (χ1) is 13.1. The largest absolute Gasteiger partial charge is 0.508 e. The molecular weight excluding hydrogens is 342 g/mol. The molecule has 0 unspecified atom stereocenters. The number of carbonyl (C=O) groups is 1. The number of phenols is 1. The van der Waals surface area contributed by atoms with Gasteiger partial charge >= 0.3 is 0 Å². The molecule has 0 aliphatic rings. The van der Waals surface area contributed by atoms with Crippen molar-refractivity contribution in [3.63, 3.8) is 0 Å². The number of rotatable bonds is 5. The molecular formula is C21H17N3O3. The molecule has 0 saturated heterocycles. The number of aromatic nitrogens is 2. The Labute approximate surface area is 155 Å². The third kappa shape index (κ3) is 3.32. The van der Waals surface area contributed by atoms with Crippen molar-refractivity contribution in [3.8, 4) is 11.5 Å².